The Hall–Kier alpha value is -3.62. The molecule has 5 rings (SSSR count). The fourth-order valence-corrected chi connectivity index (χ4v) is 4.62. The third-order valence-corrected chi connectivity index (χ3v) is 6.47. The maximum Gasteiger partial charge on any atom is 0.275 e. The molecule has 5 heterocycles. The number of aryl methyl sites for hydroxylation is 1. The van der Waals surface area contributed by atoms with Gasteiger partial charge in [-0.15, -0.1) is 10.2 Å². The molecule has 2 aliphatic heterocycles. The van der Waals surface area contributed by atoms with Crippen LogP contribution in [0.2, 0.25) is 0 Å². The van der Waals surface area contributed by atoms with Crippen molar-refractivity contribution >= 4 is 17.6 Å². The van der Waals surface area contributed by atoms with Crippen molar-refractivity contribution in [1.82, 2.24) is 29.6 Å². The monoisotopic (exact) mass is 459 g/mol. The first-order valence-corrected chi connectivity index (χ1v) is 11.7. The molecule has 3 aromatic rings. The fraction of sp³-hybridized carbons (Fsp3) is 0.440. The van der Waals surface area contributed by atoms with E-state index in [1.54, 1.807) is 18.3 Å². The fourth-order valence-electron chi connectivity index (χ4n) is 4.62. The van der Waals surface area contributed by atoms with E-state index in [1.807, 2.05) is 37.8 Å². The van der Waals surface area contributed by atoms with E-state index in [-0.39, 0.29) is 11.8 Å². The van der Waals surface area contributed by atoms with Crippen LogP contribution in [0.5, 0.6) is 0 Å². The van der Waals surface area contributed by atoms with Crippen LogP contribution in [0.3, 0.4) is 0 Å². The highest BCUT2D eigenvalue weighted by Gasteiger charge is 2.30. The highest BCUT2D eigenvalue weighted by atomic mass is 16.2. The zero-order chi connectivity index (χ0) is 24.0. The van der Waals surface area contributed by atoms with Crippen LogP contribution in [0, 0.1) is 5.41 Å². The van der Waals surface area contributed by atoms with Crippen LogP contribution in [-0.2, 0) is 24.2 Å². The lowest BCUT2D eigenvalue weighted by Gasteiger charge is -2.33. The van der Waals surface area contributed by atoms with Gasteiger partial charge in [-0.3, -0.25) is 14.6 Å². The Morgan fingerprint density at radius 2 is 1.94 bits per heavy atom. The van der Waals surface area contributed by atoms with Gasteiger partial charge >= 0.3 is 0 Å². The van der Waals surface area contributed by atoms with Gasteiger partial charge in [0.1, 0.15) is 23.0 Å². The molecule has 3 aromatic heterocycles. The third kappa shape index (κ3) is 4.06. The van der Waals surface area contributed by atoms with Gasteiger partial charge in [0.05, 0.1) is 0 Å². The lowest BCUT2D eigenvalue weighted by Crippen LogP contribution is -2.42. The van der Waals surface area contributed by atoms with Gasteiger partial charge in [-0.05, 0) is 49.1 Å². The number of carbonyl (C=O) groups is 2. The predicted molar refractivity (Wildman–Crippen MR) is 127 cm³/mol. The maximum absolute atomic E-state index is 13.0. The van der Waals surface area contributed by atoms with Gasteiger partial charge < -0.3 is 14.8 Å². The van der Waals surface area contributed by atoms with E-state index in [4.69, 9.17) is 0 Å². The number of carbonyl (C=O) groups excluding carboxylic acids is 2. The Kier molecular flexibility index (Phi) is 5.42. The molecule has 1 atom stereocenters. The minimum Gasteiger partial charge on any atom is -0.338 e. The van der Waals surface area contributed by atoms with Gasteiger partial charge in [0, 0.05) is 37.2 Å². The van der Waals surface area contributed by atoms with Crippen LogP contribution in [0.15, 0.2) is 30.5 Å². The average molecular weight is 460 g/mol. The molecule has 0 spiro atoms. The van der Waals surface area contributed by atoms with E-state index in [1.165, 1.54) is 0 Å². The van der Waals surface area contributed by atoms with E-state index in [9.17, 15) is 9.59 Å². The van der Waals surface area contributed by atoms with Crippen LogP contribution in [-0.4, -0.2) is 48.0 Å². The average Bonchev–Trinajstić information content (AvgIpc) is 3.40. The second-order valence-electron chi connectivity index (χ2n) is 10.1. The number of hydrogen-bond acceptors (Lipinski definition) is 6. The minimum absolute atomic E-state index is 0.108. The molecule has 0 saturated carbocycles. The van der Waals surface area contributed by atoms with Crippen molar-refractivity contribution in [2.45, 2.75) is 59.5 Å². The molecular formula is C25H29N7O2. The summed E-state index contributed by atoms with van der Waals surface area (Å²) >= 11 is 0. The number of nitrogens with one attached hydrogen (secondary N) is 1. The molecule has 0 unspecified atom stereocenters. The number of amides is 2. The zero-order valence-electron chi connectivity index (χ0n) is 20.0. The van der Waals surface area contributed by atoms with E-state index >= 15 is 0 Å². The van der Waals surface area contributed by atoms with Crippen molar-refractivity contribution in [2.75, 3.05) is 11.9 Å². The third-order valence-electron chi connectivity index (χ3n) is 6.47. The number of aromatic nitrogens is 5. The number of anilines is 1. The van der Waals surface area contributed by atoms with Crippen LogP contribution >= 0.6 is 0 Å². The number of hydrogen-bond donors (Lipinski definition) is 1. The lowest BCUT2D eigenvalue weighted by atomic mass is 9.92. The molecule has 176 valence electrons. The van der Waals surface area contributed by atoms with E-state index in [0.717, 1.165) is 36.2 Å². The van der Waals surface area contributed by atoms with Crippen LogP contribution in [0.4, 0.5) is 5.82 Å². The van der Waals surface area contributed by atoms with Gasteiger partial charge in [-0.1, -0.05) is 26.8 Å². The van der Waals surface area contributed by atoms with Crippen LogP contribution in [0.1, 0.15) is 67.6 Å². The van der Waals surface area contributed by atoms with Crippen molar-refractivity contribution in [3.63, 3.8) is 0 Å². The highest BCUT2D eigenvalue weighted by molar-refractivity contribution is 6.02. The molecule has 0 fully saturated rings. The van der Waals surface area contributed by atoms with Crippen molar-refractivity contribution in [1.29, 1.82) is 0 Å². The van der Waals surface area contributed by atoms with Gasteiger partial charge in [-0.2, -0.15) is 0 Å². The summed E-state index contributed by atoms with van der Waals surface area (Å²) in [5.41, 5.74) is 2.56. The summed E-state index contributed by atoms with van der Waals surface area (Å²) in [6.07, 6.45) is 4.43. The number of nitrogens with zero attached hydrogens (tertiary/aromatic N) is 6. The molecular weight excluding hydrogens is 430 g/mol. The normalized spacial score (nSPS) is 17.3. The summed E-state index contributed by atoms with van der Waals surface area (Å²) < 4.78 is 2.11. The maximum atomic E-state index is 13.0. The van der Waals surface area contributed by atoms with Crippen LogP contribution in [0.25, 0.3) is 11.5 Å². The molecule has 0 radical (unpaired) electrons. The summed E-state index contributed by atoms with van der Waals surface area (Å²) in [5, 5.41) is 11.5. The van der Waals surface area contributed by atoms with Crippen molar-refractivity contribution in [3.05, 3.63) is 53.1 Å². The Labute approximate surface area is 198 Å². The Balaban J connectivity index is 1.34. The molecule has 1 N–H and O–H groups in total. The summed E-state index contributed by atoms with van der Waals surface area (Å²) in [6, 6.07) is 7.56. The Morgan fingerprint density at radius 1 is 1.12 bits per heavy atom. The van der Waals surface area contributed by atoms with E-state index in [2.05, 4.69) is 37.0 Å². The van der Waals surface area contributed by atoms with Gasteiger partial charge in [0.25, 0.3) is 5.91 Å². The molecule has 34 heavy (non-hydrogen) atoms. The van der Waals surface area contributed by atoms with Crippen molar-refractivity contribution < 1.29 is 9.59 Å². The van der Waals surface area contributed by atoms with E-state index < -0.39 is 5.41 Å². The van der Waals surface area contributed by atoms with Crippen molar-refractivity contribution in [3.8, 4) is 11.5 Å². The SMILES string of the molecule is C[C@@H]1CCc2nnc(-c3cccc(NC(=O)c4cc5c(cn4)CCN(C(=O)C(C)(C)C)C5)n3)n21. The van der Waals surface area contributed by atoms with Crippen LogP contribution < -0.4 is 5.32 Å². The number of fused-ring (bicyclic) bond motifs is 2. The standard InChI is InChI=1S/C25H29N7O2/c1-15-8-9-21-29-30-22(32(15)21)18-6-5-7-20(27-18)28-23(33)19-12-17-14-31(24(34)25(2,3)4)11-10-16(17)13-26-19/h5-7,12-13,15H,8-11,14H2,1-4H3,(H,27,28,33)/t15-/m1/s1. The summed E-state index contributed by atoms with van der Waals surface area (Å²) in [7, 11) is 0. The molecule has 0 aliphatic carbocycles. The summed E-state index contributed by atoms with van der Waals surface area (Å²) in [4.78, 5) is 36.5. The Morgan fingerprint density at radius 3 is 2.74 bits per heavy atom. The van der Waals surface area contributed by atoms with E-state index in [0.29, 0.717) is 42.2 Å². The number of rotatable bonds is 3. The largest absolute Gasteiger partial charge is 0.338 e. The lowest BCUT2D eigenvalue weighted by molar-refractivity contribution is -0.140. The molecule has 9 heteroatoms. The second kappa shape index (κ2) is 8.30. The predicted octanol–water partition coefficient (Wildman–Crippen LogP) is 3.43. The van der Waals surface area contributed by atoms with Gasteiger partial charge in [0.2, 0.25) is 5.91 Å². The first kappa shape index (κ1) is 22.2. The second-order valence-corrected chi connectivity index (χ2v) is 10.1. The molecule has 0 aromatic carbocycles. The molecule has 0 bridgehead atoms. The molecule has 2 aliphatic rings. The first-order valence-electron chi connectivity index (χ1n) is 11.7. The first-order chi connectivity index (χ1) is 16.2. The molecule has 2 amide bonds. The van der Waals surface area contributed by atoms with Crippen molar-refractivity contribution in [2.24, 2.45) is 5.41 Å². The molecule has 0 saturated heterocycles. The quantitative estimate of drug-likeness (QED) is 0.643. The van der Waals surface area contributed by atoms with Gasteiger partial charge in [-0.25, -0.2) is 4.98 Å². The summed E-state index contributed by atoms with van der Waals surface area (Å²) in [5.74, 6) is 1.87. The summed E-state index contributed by atoms with van der Waals surface area (Å²) in [6.45, 7) is 9.06. The highest BCUT2D eigenvalue weighted by Crippen LogP contribution is 2.30. The van der Waals surface area contributed by atoms with Gasteiger partial charge in [0.15, 0.2) is 5.82 Å². The topological polar surface area (TPSA) is 106 Å². The minimum atomic E-state index is -0.441. The smallest absolute Gasteiger partial charge is 0.275 e. The number of pyridine rings is 2. The Bertz CT molecular complexity index is 1270. The zero-order valence-corrected chi connectivity index (χ0v) is 20.0. The molecule has 9 nitrogen and oxygen atoms in total.